The lowest BCUT2D eigenvalue weighted by Crippen LogP contribution is -2.24. The summed E-state index contributed by atoms with van der Waals surface area (Å²) in [7, 11) is -1.42. The minimum Gasteiger partial charge on any atom is -0.463 e. The van der Waals surface area contributed by atoms with Crippen molar-refractivity contribution in [1.29, 1.82) is 0 Å². The molecule has 3 heteroatoms. The highest BCUT2D eigenvalue weighted by Crippen LogP contribution is 2.31. The van der Waals surface area contributed by atoms with E-state index in [-0.39, 0.29) is 5.97 Å². The van der Waals surface area contributed by atoms with Gasteiger partial charge in [-0.15, -0.1) is 0 Å². The first kappa shape index (κ1) is 20.2. The van der Waals surface area contributed by atoms with Crippen LogP contribution in [0.3, 0.4) is 0 Å². The van der Waals surface area contributed by atoms with E-state index in [0.29, 0.717) is 6.61 Å². The number of carbonyl (C=O) groups excluding carboxylic acids is 1. The molecule has 1 aromatic carbocycles. The number of hydrogen-bond donors (Lipinski definition) is 0. The van der Waals surface area contributed by atoms with Gasteiger partial charge in [0.25, 0.3) is 0 Å². The minimum absolute atomic E-state index is 0.261. The fraction of sp³-hybridized carbons (Fsp3) is 0.348. The predicted molar refractivity (Wildman–Crippen MR) is 113 cm³/mol. The van der Waals surface area contributed by atoms with Gasteiger partial charge < -0.3 is 4.74 Å². The highest BCUT2D eigenvalue weighted by Gasteiger charge is 2.22. The van der Waals surface area contributed by atoms with E-state index in [9.17, 15) is 4.79 Å². The van der Waals surface area contributed by atoms with Crippen LogP contribution >= 0.6 is 0 Å². The van der Waals surface area contributed by atoms with Gasteiger partial charge in [-0.25, -0.2) is 4.79 Å². The van der Waals surface area contributed by atoms with E-state index in [1.807, 2.05) is 13.0 Å². The van der Waals surface area contributed by atoms with Gasteiger partial charge in [0.15, 0.2) is 0 Å². The van der Waals surface area contributed by atoms with Gasteiger partial charge in [-0.1, -0.05) is 73.9 Å². The molecule has 0 saturated heterocycles. The Morgan fingerprint density at radius 3 is 2.46 bits per heavy atom. The molecule has 0 heterocycles. The van der Waals surface area contributed by atoms with Crippen LogP contribution in [-0.2, 0) is 16.0 Å². The Morgan fingerprint density at radius 2 is 1.85 bits per heavy atom. The topological polar surface area (TPSA) is 26.3 Å². The van der Waals surface area contributed by atoms with Crippen LogP contribution in [0.1, 0.15) is 25.3 Å². The number of carbonyl (C=O) groups is 1. The highest BCUT2D eigenvalue weighted by atomic mass is 28.3. The fourth-order valence-corrected chi connectivity index (χ4v) is 4.51. The second kappa shape index (κ2) is 8.99. The maximum atomic E-state index is 11.9. The summed E-state index contributed by atoms with van der Waals surface area (Å²) in [6, 6.07) is 10.4. The summed E-state index contributed by atoms with van der Waals surface area (Å²) >= 11 is 0. The van der Waals surface area contributed by atoms with Crippen molar-refractivity contribution in [3.05, 3.63) is 82.6 Å². The van der Waals surface area contributed by atoms with Crippen LogP contribution in [0, 0.1) is 0 Å². The molecule has 0 radical (unpaired) electrons. The van der Waals surface area contributed by atoms with Crippen molar-refractivity contribution < 1.29 is 9.53 Å². The summed E-state index contributed by atoms with van der Waals surface area (Å²) in [5, 5.41) is 1.52. The summed E-state index contributed by atoms with van der Waals surface area (Å²) in [4.78, 5) is 11.9. The van der Waals surface area contributed by atoms with Crippen LogP contribution in [0.25, 0.3) is 0 Å². The molecule has 2 rings (SSSR count). The van der Waals surface area contributed by atoms with Crippen molar-refractivity contribution in [3.8, 4) is 0 Å². The molecule has 0 amide bonds. The molecule has 2 nitrogen and oxygen atoms in total. The quantitative estimate of drug-likeness (QED) is 0.361. The number of hydrogen-bond acceptors (Lipinski definition) is 2. The monoisotopic (exact) mass is 366 g/mol. The predicted octanol–water partition coefficient (Wildman–Crippen LogP) is 5.80. The van der Waals surface area contributed by atoms with Crippen molar-refractivity contribution in [2.24, 2.45) is 0 Å². The van der Waals surface area contributed by atoms with Crippen LogP contribution in [0.2, 0.25) is 19.6 Å². The molecule has 0 fully saturated rings. The van der Waals surface area contributed by atoms with Crippen LogP contribution in [0.4, 0.5) is 0 Å². The SMILES string of the molecule is C=C(Cc1ccccc1)C1=C/C(=C\C(=O)OCC)CCC([Si](C)(C)C)=C1. The Morgan fingerprint density at radius 1 is 1.15 bits per heavy atom. The van der Waals surface area contributed by atoms with Gasteiger partial charge in [-0.3, -0.25) is 0 Å². The number of allylic oxidation sites excluding steroid dienone is 6. The minimum atomic E-state index is -1.42. The smallest absolute Gasteiger partial charge is 0.331 e. The van der Waals surface area contributed by atoms with Gasteiger partial charge >= 0.3 is 5.97 Å². The third-order valence-electron chi connectivity index (χ3n) is 4.58. The van der Waals surface area contributed by atoms with Gasteiger partial charge in [0.1, 0.15) is 0 Å². The highest BCUT2D eigenvalue weighted by molar-refractivity contribution is 6.83. The molecule has 0 unspecified atom stereocenters. The van der Waals surface area contributed by atoms with E-state index >= 15 is 0 Å². The van der Waals surface area contributed by atoms with E-state index < -0.39 is 8.07 Å². The van der Waals surface area contributed by atoms with Gasteiger partial charge in [0.2, 0.25) is 0 Å². The Balaban J connectivity index is 2.33. The zero-order valence-corrected chi connectivity index (χ0v) is 17.5. The lowest BCUT2D eigenvalue weighted by atomic mass is 9.98. The maximum Gasteiger partial charge on any atom is 0.331 e. The molecule has 0 bridgehead atoms. The third kappa shape index (κ3) is 5.99. The van der Waals surface area contributed by atoms with Crippen LogP contribution < -0.4 is 0 Å². The summed E-state index contributed by atoms with van der Waals surface area (Å²) < 4.78 is 5.10. The van der Waals surface area contributed by atoms with Gasteiger partial charge in [-0.2, -0.15) is 0 Å². The van der Waals surface area contributed by atoms with Gasteiger partial charge in [0, 0.05) is 6.08 Å². The normalized spacial score (nSPS) is 16.5. The molecule has 26 heavy (non-hydrogen) atoms. The van der Waals surface area contributed by atoms with Gasteiger partial charge in [-0.05, 0) is 48.5 Å². The molecule has 1 aliphatic carbocycles. The molecular formula is C23H30O2Si. The molecule has 0 aliphatic heterocycles. The molecule has 0 aromatic heterocycles. The summed E-state index contributed by atoms with van der Waals surface area (Å²) in [6.45, 7) is 13.7. The number of esters is 1. The van der Waals surface area contributed by atoms with Gasteiger partial charge in [0.05, 0.1) is 14.7 Å². The van der Waals surface area contributed by atoms with Crippen molar-refractivity contribution >= 4 is 14.0 Å². The lowest BCUT2D eigenvalue weighted by Gasteiger charge is -2.21. The second-order valence-electron chi connectivity index (χ2n) is 7.76. The lowest BCUT2D eigenvalue weighted by molar-refractivity contribution is -0.137. The Bertz CT molecular complexity index is 746. The average molecular weight is 367 g/mol. The first-order valence-electron chi connectivity index (χ1n) is 9.31. The molecule has 0 spiro atoms. The Hall–Kier alpha value is -2.13. The molecule has 138 valence electrons. The Labute approximate surface area is 159 Å². The zero-order valence-electron chi connectivity index (χ0n) is 16.5. The third-order valence-corrected chi connectivity index (χ3v) is 6.90. The molecule has 0 N–H and O–H groups in total. The summed E-state index contributed by atoms with van der Waals surface area (Å²) in [6.07, 6.45) is 8.77. The van der Waals surface area contributed by atoms with E-state index in [2.05, 4.69) is 62.6 Å². The van der Waals surface area contributed by atoms with Crippen LogP contribution in [0.5, 0.6) is 0 Å². The van der Waals surface area contributed by atoms with E-state index in [4.69, 9.17) is 4.74 Å². The molecule has 1 aliphatic rings. The maximum absolute atomic E-state index is 11.9. The molecule has 1 aromatic rings. The number of benzene rings is 1. The van der Waals surface area contributed by atoms with Crippen molar-refractivity contribution in [2.45, 2.75) is 45.8 Å². The molecule has 0 atom stereocenters. The standard InChI is InChI=1S/C23H30O2Si/c1-6-25-23(24)16-20-12-13-22(26(3,4)5)17-21(15-20)18(2)14-19-10-8-7-9-11-19/h7-11,15-17H,2,6,12-14H2,1,3-5H3/b20-16-. The fourth-order valence-electron chi connectivity index (χ4n) is 3.04. The van der Waals surface area contributed by atoms with Crippen molar-refractivity contribution in [3.63, 3.8) is 0 Å². The first-order valence-corrected chi connectivity index (χ1v) is 12.8. The number of ether oxygens (including phenoxy) is 1. The number of rotatable bonds is 6. The summed E-state index contributed by atoms with van der Waals surface area (Å²) in [5.74, 6) is -0.261. The van der Waals surface area contributed by atoms with Crippen LogP contribution in [-0.4, -0.2) is 20.7 Å². The Kier molecular flexibility index (Phi) is 6.98. The van der Waals surface area contributed by atoms with Crippen molar-refractivity contribution in [1.82, 2.24) is 0 Å². The largest absolute Gasteiger partial charge is 0.463 e. The average Bonchev–Trinajstić information content (AvgIpc) is 2.78. The van der Waals surface area contributed by atoms with E-state index in [1.54, 1.807) is 6.08 Å². The van der Waals surface area contributed by atoms with E-state index in [1.165, 1.54) is 10.8 Å². The molecular weight excluding hydrogens is 336 g/mol. The van der Waals surface area contributed by atoms with Crippen molar-refractivity contribution in [2.75, 3.05) is 6.61 Å². The zero-order chi connectivity index (χ0) is 19.2. The van der Waals surface area contributed by atoms with E-state index in [0.717, 1.165) is 36.0 Å². The second-order valence-corrected chi connectivity index (χ2v) is 12.9. The van der Waals surface area contributed by atoms with Crippen LogP contribution in [0.15, 0.2) is 77.1 Å². The first-order chi connectivity index (χ1) is 12.3. The molecule has 0 saturated carbocycles. The summed E-state index contributed by atoms with van der Waals surface area (Å²) in [5.41, 5.74) is 4.50.